The zero-order valence-corrected chi connectivity index (χ0v) is 16.1. The van der Waals surface area contributed by atoms with Crippen molar-refractivity contribution in [1.29, 1.82) is 0 Å². The van der Waals surface area contributed by atoms with E-state index in [9.17, 15) is 4.79 Å². The Labute approximate surface area is 166 Å². The van der Waals surface area contributed by atoms with Crippen molar-refractivity contribution in [2.24, 2.45) is 7.05 Å². The molecule has 0 aromatic carbocycles. The maximum absolute atomic E-state index is 11.9. The summed E-state index contributed by atoms with van der Waals surface area (Å²) in [6, 6.07) is 0.0351. The highest BCUT2D eigenvalue weighted by Crippen LogP contribution is 2.29. The molecule has 0 radical (unpaired) electrons. The van der Waals surface area contributed by atoms with Gasteiger partial charge in [0.15, 0.2) is 10.8 Å². The summed E-state index contributed by atoms with van der Waals surface area (Å²) in [6.45, 7) is 4.86. The second-order valence-corrected chi connectivity index (χ2v) is 6.99. The van der Waals surface area contributed by atoms with Crippen LogP contribution in [0.3, 0.4) is 0 Å². The molecule has 1 saturated heterocycles. The lowest BCUT2D eigenvalue weighted by molar-refractivity contribution is -0.127. The molecule has 1 aliphatic rings. The lowest BCUT2D eigenvalue weighted by atomic mass is 10.1. The molecule has 1 unspecified atom stereocenters. The van der Waals surface area contributed by atoms with Crippen molar-refractivity contribution in [1.82, 2.24) is 34.8 Å². The number of aromatic nitrogens is 6. The third-order valence-corrected chi connectivity index (χ3v) is 4.86. The van der Waals surface area contributed by atoms with Crippen molar-refractivity contribution in [2.75, 3.05) is 23.7 Å². The molecular weight excluding hydrogens is 382 g/mol. The zero-order valence-electron chi connectivity index (χ0n) is 15.3. The Kier molecular flexibility index (Phi) is 4.86. The van der Waals surface area contributed by atoms with Gasteiger partial charge in [0.05, 0.1) is 11.9 Å². The largest absolute Gasteiger partial charge is 0.365 e. The maximum Gasteiger partial charge on any atom is 0.246 e. The van der Waals surface area contributed by atoms with Crippen molar-refractivity contribution < 1.29 is 4.79 Å². The molecule has 1 aliphatic heterocycles. The van der Waals surface area contributed by atoms with Gasteiger partial charge in [-0.2, -0.15) is 20.2 Å². The minimum Gasteiger partial charge on any atom is -0.365 e. The van der Waals surface area contributed by atoms with Gasteiger partial charge < -0.3 is 15.5 Å². The average molecular weight is 402 g/mol. The lowest BCUT2D eigenvalue weighted by Crippen LogP contribution is -2.44. The smallest absolute Gasteiger partial charge is 0.246 e. The van der Waals surface area contributed by atoms with Gasteiger partial charge in [-0.1, -0.05) is 18.2 Å². The number of anilines is 3. The fraction of sp³-hybridized carbons (Fsp3) is 0.353. The van der Waals surface area contributed by atoms with Crippen LogP contribution in [0.4, 0.5) is 17.5 Å². The number of halogens is 1. The van der Waals surface area contributed by atoms with E-state index in [1.807, 2.05) is 13.2 Å². The first-order valence-electron chi connectivity index (χ1n) is 8.88. The monoisotopic (exact) mass is 401 g/mol. The van der Waals surface area contributed by atoms with E-state index < -0.39 is 0 Å². The van der Waals surface area contributed by atoms with Crippen molar-refractivity contribution in [3.8, 4) is 0 Å². The highest BCUT2D eigenvalue weighted by atomic mass is 35.5. The number of amides is 1. The Bertz CT molecular complexity index is 1030. The van der Waals surface area contributed by atoms with E-state index in [-0.39, 0.29) is 11.9 Å². The minimum absolute atomic E-state index is 0.0351. The SMILES string of the molecule is C=CC(=O)N1CCCC(Nc2nc(Nc3cnn(C)c3)nc3[nH]nc(Cl)c23)C1. The number of likely N-dealkylation sites (tertiary alicyclic amines) is 1. The molecule has 1 atom stereocenters. The molecule has 1 fully saturated rings. The second kappa shape index (κ2) is 7.47. The Hall–Kier alpha value is -3.14. The Morgan fingerprint density at radius 1 is 1.46 bits per heavy atom. The van der Waals surface area contributed by atoms with Gasteiger partial charge in [0.1, 0.15) is 11.2 Å². The molecule has 28 heavy (non-hydrogen) atoms. The molecule has 4 rings (SSSR count). The molecule has 3 aromatic rings. The van der Waals surface area contributed by atoms with E-state index in [1.165, 1.54) is 6.08 Å². The van der Waals surface area contributed by atoms with Gasteiger partial charge in [0.2, 0.25) is 11.9 Å². The van der Waals surface area contributed by atoms with Gasteiger partial charge in [0, 0.05) is 32.4 Å². The Balaban J connectivity index is 1.62. The van der Waals surface area contributed by atoms with Gasteiger partial charge in [-0.25, -0.2) is 0 Å². The van der Waals surface area contributed by atoms with Crippen LogP contribution in [-0.4, -0.2) is 59.9 Å². The summed E-state index contributed by atoms with van der Waals surface area (Å²) in [6.07, 6.45) is 6.65. The van der Waals surface area contributed by atoms with E-state index in [0.717, 1.165) is 25.1 Å². The van der Waals surface area contributed by atoms with E-state index >= 15 is 0 Å². The summed E-state index contributed by atoms with van der Waals surface area (Å²) < 4.78 is 1.68. The number of piperidine rings is 1. The molecule has 146 valence electrons. The first-order valence-corrected chi connectivity index (χ1v) is 9.26. The number of nitrogens with zero attached hydrogens (tertiary/aromatic N) is 6. The van der Waals surface area contributed by atoms with Crippen LogP contribution < -0.4 is 10.6 Å². The first-order chi connectivity index (χ1) is 13.5. The number of carbonyl (C=O) groups is 1. The van der Waals surface area contributed by atoms with E-state index in [0.29, 0.717) is 34.5 Å². The average Bonchev–Trinajstić information content (AvgIpc) is 3.27. The fourth-order valence-electron chi connectivity index (χ4n) is 3.29. The third-order valence-electron chi connectivity index (χ3n) is 4.58. The summed E-state index contributed by atoms with van der Waals surface area (Å²) in [4.78, 5) is 22.7. The van der Waals surface area contributed by atoms with Gasteiger partial charge in [-0.05, 0) is 18.9 Å². The second-order valence-electron chi connectivity index (χ2n) is 6.63. The van der Waals surface area contributed by atoms with Gasteiger partial charge in [-0.15, -0.1) is 0 Å². The molecule has 3 aromatic heterocycles. The molecule has 10 nitrogen and oxygen atoms in total. The van der Waals surface area contributed by atoms with Crippen LogP contribution in [-0.2, 0) is 11.8 Å². The van der Waals surface area contributed by atoms with E-state index in [2.05, 4.69) is 42.5 Å². The molecule has 11 heteroatoms. The molecule has 0 bridgehead atoms. The predicted molar refractivity (Wildman–Crippen MR) is 107 cm³/mol. The van der Waals surface area contributed by atoms with Gasteiger partial charge in [-0.3, -0.25) is 14.6 Å². The maximum atomic E-state index is 11.9. The molecule has 0 saturated carbocycles. The molecular formula is C17H20ClN9O. The summed E-state index contributed by atoms with van der Waals surface area (Å²) in [7, 11) is 1.83. The van der Waals surface area contributed by atoms with Crippen LogP contribution in [0, 0.1) is 0 Å². The van der Waals surface area contributed by atoms with Gasteiger partial charge in [0.25, 0.3) is 0 Å². The molecule has 0 aliphatic carbocycles. The number of hydrogen-bond donors (Lipinski definition) is 3. The highest BCUT2D eigenvalue weighted by Gasteiger charge is 2.24. The molecule has 1 amide bonds. The zero-order chi connectivity index (χ0) is 19.7. The quantitative estimate of drug-likeness (QED) is 0.560. The number of hydrogen-bond acceptors (Lipinski definition) is 7. The Morgan fingerprint density at radius 3 is 3.07 bits per heavy atom. The third kappa shape index (κ3) is 3.63. The fourth-order valence-corrected chi connectivity index (χ4v) is 3.51. The van der Waals surface area contributed by atoms with Gasteiger partial charge >= 0.3 is 0 Å². The van der Waals surface area contributed by atoms with E-state index in [4.69, 9.17) is 11.6 Å². The number of nitrogens with one attached hydrogen (secondary N) is 3. The van der Waals surface area contributed by atoms with Crippen molar-refractivity contribution in [3.63, 3.8) is 0 Å². The molecule has 4 heterocycles. The predicted octanol–water partition coefficient (Wildman–Crippen LogP) is 2.07. The number of aryl methyl sites for hydroxylation is 1. The summed E-state index contributed by atoms with van der Waals surface area (Å²) in [5.74, 6) is 0.880. The minimum atomic E-state index is -0.0698. The lowest BCUT2D eigenvalue weighted by Gasteiger charge is -2.32. The Morgan fingerprint density at radius 2 is 2.32 bits per heavy atom. The number of H-pyrrole nitrogens is 1. The summed E-state index contributed by atoms with van der Waals surface area (Å²) >= 11 is 6.24. The van der Waals surface area contributed by atoms with Crippen LogP contribution >= 0.6 is 11.6 Å². The topological polar surface area (TPSA) is 117 Å². The van der Waals surface area contributed by atoms with Crippen molar-refractivity contribution in [3.05, 3.63) is 30.2 Å². The number of fused-ring (bicyclic) bond motifs is 1. The van der Waals surface area contributed by atoms with Crippen LogP contribution in [0.15, 0.2) is 25.0 Å². The normalized spacial score (nSPS) is 16.9. The summed E-state index contributed by atoms with van der Waals surface area (Å²) in [5.41, 5.74) is 1.28. The highest BCUT2D eigenvalue weighted by molar-refractivity contribution is 6.35. The molecule has 3 N–H and O–H groups in total. The number of aromatic amines is 1. The first kappa shape index (κ1) is 18.2. The van der Waals surface area contributed by atoms with Crippen molar-refractivity contribution in [2.45, 2.75) is 18.9 Å². The number of carbonyl (C=O) groups excluding carboxylic acids is 1. The van der Waals surface area contributed by atoms with E-state index in [1.54, 1.807) is 15.8 Å². The van der Waals surface area contributed by atoms with Crippen molar-refractivity contribution >= 4 is 46.0 Å². The van der Waals surface area contributed by atoms with Crippen LogP contribution in [0.5, 0.6) is 0 Å². The molecule has 0 spiro atoms. The standard InChI is InChI=1S/C17H20ClN9O/c1-3-12(28)27-6-4-5-10(9-27)20-15-13-14(18)24-25-16(13)23-17(22-15)21-11-7-19-26(2)8-11/h3,7-8,10H,1,4-6,9H2,2H3,(H3,20,21,22,23,24,25). The number of rotatable bonds is 5. The van der Waals surface area contributed by atoms with Crippen LogP contribution in [0.1, 0.15) is 12.8 Å². The van der Waals surface area contributed by atoms with Crippen LogP contribution in [0.25, 0.3) is 11.0 Å². The van der Waals surface area contributed by atoms with Crippen LogP contribution in [0.2, 0.25) is 5.15 Å². The summed E-state index contributed by atoms with van der Waals surface area (Å²) in [5, 5.41) is 18.4.